The van der Waals surface area contributed by atoms with Crippen molar-refractivity contribution < 1.29 is 4.79 Å². The molecule has 14 heavy (non-hydrogen) atoms. The maximum atomic E-state index is 11.3. The lowest BCUT2D eigenvalue weighted by Gasteiger charge is -2.03. The molecule has 70 valence electrons. The molecule has 2 aromatic heterocycles. The number of nitrogens with zero attached hydrogens (tertiary/aromatic N) is 3. The second kappa shape index (κ2) is 3.37. The quantitative estimate of drug-likeness (QED) is 0.623. The van der Waals surface area contributed by atoms with E-state index in [1.807, 2.05) is 0 Å². The first-order valence-electron chi connectivity index (χ1n) is 4.07. The van der Waals surface area contributed by atoms with Crippen LogP contribution in [0, 0.1) is 0 Å². The molecule has 0 atom stereocenters. The van der Waals surface area contributed by atoms with Gasteiger partial charge in [0.05, 0.1) is 18.3 Å². The number of hydrogen-bond acceptors (Lipinski definition) is 4. The van der Waals surface area contributed by atoms with Gasteiger partial charge in [-0.15, -0.1) is 0 Å². The minimum absolute atomic E-state index is 0.0313. The Labute approximate surface area is 79.0 Å². The molecule has 5 heteroatoms. The Morgan fingerprint density at radius 1 is 1.43 bits per heavy atom. The first-order valence-corrected chi connectivity index (χ1v) is 4.07. The molecular formula is C9H7N3O2. The Hall–Kier alpha value is -2.04. The predicted octanol–water partition coefficient (Wildman–Crippen LogP) is -0.00960. The van der Waals surface area contributed by atoms with Crippen LogP contribution in [0.3, 0.4) is 0 Å². The van der Waals surface area contributed by atoms with Crippen molar-refractivity contribution in [2.75, 3.05) is 0 Å². The first-order chi connectivity index (χ1) is 6.83. The van der Waals surface area contributed by atoms with Crippen LogP contribution in [0.1, 0.15) is 0 Å². The summed E-state index contributed by atoms with van der Waals surface area (Å²) in [5.74, 6) is 0. The monoisotopic (exact) mass is 189 g/mol. The van der Waals surface area contributed by atoms with Gasteiger partial charge in [-0.3, -0.25) is 9.36 Å². The van der Waals surface area contributed by atoms with Crippen molar-refractivity contribution in [3.8, 4) is 0 Å². The molecule has 0 aliphatic carbocycles. The Balaban J connectivity index is 2.82. The second-order valence-electron chi connectivity index (χ2n) is 2.72. The maximum absolute atomic E-state index is 11.3. The molecule has 0 aliphatic rings. The minimum atomic E-state index is -0.294. The Kier molecular flexibility index (Phi) is 2.06. The second-order valence-corrected chi connectivity index (χ2v) is 2.72. The van der Waals surface area contributed by atoms with Crippen LogP contribution in [0.2, 0.25) is 0 Å². The van der Waals surface area contributed by atoms with Crippen LogP contribution in [0.25, 0.3) is 11.2 Å². The summed E-state index contributed by atoms with van der Waals surface area (Å²) in [5, 5.41) is 0. The van der Waals surface area contributed by atoms with E-state index in [4.69, 9.17) is 0 Å². The van der Waals surface area contributed by atoms with Crippen LogP contribution in [-0.2, 0) is 11.3 Å². The number of rotatable bonds is 2. The highest BCUT2D eigenvalue weighted by molar-refractivity contribution is 5.70. The van der Waals surface area contributed by atoms with E-state index in [1.165, 1.54) is 10.8 Å². The van der Waals surface area contributed by atoms with Gasteiger partial charge < -0.3 is 4.79 Å². The van der Waals surface area contributed by atoms with E-state index >= 15 is 0 Å². The zero-order valence-corrected chi connectivity index (χ0v) is 7.25. The third-order valence-electron chi connectivity index (χ3n) is 1.88. The van der Waals surface area contributed by atoms with Crippen molar-refractivity contribution in [2.45, 2.75) is 6.54 Å². The number of aromatic nitrogens is 3. The minimum Gasteiger partial charge on any atom is -0.301 e. The average Bonchev–Trinajstić information content (AvgIpc) is 2.23. The zero-order valence-electron chi connectivity index (χ0n) is 7.25. The molecule has 0 spiro atoms. The van der Waals surface area contributed by atoms with Gasteiger partial charge in [-0.05, 0) is 12.1 Å². The van der Waals surface area contributed by atoms with Crippen LogP contribution >= 0.6 is 0 Å². The highest BCUT2D eigenvalue weighted by Gasteiger charge is 2.02. The number of aldehydes is 1. The molecule has 2 rings (SSSR count). The summed E-state index contributed by atoms with van der Waals surface area (Å²) >= 11 is 0. The van der Waals surface area contributed by atoms with Crippen LogP contribution in [0.4, 0.5) is 0 Å². The van der Waals surface area contributed by atoms with Gasteiger partial charge in [-0.2, -0.15) is 0 Å². The smallest absolute Gasteiger partial charge is 0.270 e. The van der Waals surface area contributed by atoms with Crippen molar-refractivity contribution >= 4 is 17.5 Å². The third-order valence-corrected chi connectivity index (χ3v) is 1.88. The highest BCUT2D eigenvalue weighted by atomic mass is 16.1. The first kappa shape index (κ1) is 8.55. The Morgan fingerprint density at radius 3 is 3.07 bits per heavy atom. The molecule has 0 bridgehead atoms. The van der Waals surface area contributed by atoms with Gasteiger partial charge in [-0.1, -0.05) is 0 Å². The standard InChI is InChI=1S/C9H7N3O2/c13-5-4-12-7-2-1-3-10-9(7)11-6-8(12)14/h1-3,5-6H,4H2. The lowest BCUT2D eigenvalue weighted by molar-refractivity contribution is -0.108. The van der Waals surface area contributed by atoms with Crippen molar-refractivity contribution in [2.24, 2.45) is 0 Å². The Morgan fingerprint density at radius 2 is 2.29 bits per heavy atom. The van der Waals surface area contributed by atoms with Gasteiger partial charge in [0.1, 0.15) is 6.29 Å². The molecule has 0 aliphatic heterocycles. The summed E-state index contributed by atoms with van der Waals surface area (Å²) in [7, 11) is 0. The lowest BCUT2D eigenvalue weighted by atomic mass is 10.4. The summed E-state index contributed by atoms with van der Waals surface area (Å²) in [6.45, 7) is 0.0313. The van der Waals surface area contributed by atoms with Gasteiger partial charge in [0.25, 0.3) is 5.56 Å². The molecule has 5 nitrogen and oxygen atoms in total. The SMILES string of the molecule is O=CCn1c(=O)cnc2ncccc21. The maximum Gasteiger partial charge on any atom is 0.270 e. The van der Waals surface area contributed by atoms with Crippen LogP contribution < -0.4 is 5.56 Å². The number of fused-ring (bicyclic) bond motifs is 1. The molecule has 0 aromatic carbocycles. The number of pyridine rings is 1. The molecule has 0 amide bonds. The topological polar surface area (TPSA) is 64.8 Å². The zero-order chi connectivity index (χ0) is 9.97. The number of hydrogen-bond donors (Lipinski definition) is 0. The van der Waals surface area contributed by atoms with Gasteiger partial charge in [0.2, 0.25) is 0 Å². The van der Waals surface area contributed by atoms with E-state index in [0.29, 0.717) is 17.5 Å². The molecule has 2 aromatic rings. The van der Waals surface area contributed by atoms with Gasteiger partial charge in [0, 0.05) is 6.20 Å². The summed E-state index contributed by atoms with van der Waals surface area (Å²) in [4.78, 5) is 29.5. The molecular weight excluding hydrogens is 182 g/mol. The fourth-order valence-corrected chi connectivity index (χ4v) is 1.27. The van der Waals surface area contributed by atoms with Gasteiger partial charge in [0.15, 0.2) is 5.65 Å². The highest BCUT2D eigenvalue weighted by Crippen LogP contribution is 2.03. The molecule has 0 saturated heterocycles. The van der Waals surface area contributed by atoms with E-state index < -0.39 is 0 Å². The lowest BCUT2D eigenvalue weighted by Crippen LogP contribution is -2.21. The molecule has 0 N–H and O–H groups in total. The summed E-state index contributed by atoms with van der Waals surface area (Å²) < 4.78 is 1.34. The van der Waals surface area contributed by atoms with Crippen molar-refractivity contribution in [1.82, 2.24) is 14.5 Å². The molecule has 0 fully saturated rings. The molecule has 0 unspecified atom stereocenters. The number of carbonyl (C=O) groups is 1. The van der Waals surface area contributed by atoms with E-state index in [-0.39, 0.29) is 12.1 Å². The molecule has 0 radical (unpaired) electrons. The molecule has 2 heterocycles. The molecule has 0 saturated carbocycles. The van der Waals surface area contributed by atoms with E-state index in [9.17, 15) is 9.59 Å². The average molecular weight is 189 g/mol. The normalized spacial score (nSPS) is 10.3. The van der Waals surface area contributed by atoms with Crippen molar-refractivity contribution in [3.05, 3.63) is 34.9 Å². The van der Waals surface area contributed by atoms with Crippen LogP contribution in [-0.4, -0.2) is 20.8 Å². The largest absolute Gasteiger partial charge is 0.301 e. The van der Waals surface area contributed by atoms with Crippen LogP contribution in [0.5, 0.6) is 0 Å². The van der Waals surface area contributed by atoms with Gasteiger partial charge in [-0.25, -0.2) is 9.97 Å². The van der Waals surface area contributed by atoms with Gasteiger partial charge >= 0.3 is 0 Å². The van der Waals surface area contributed by atoms with E-state index in [0.717, 1.165) is 0 Å². The summed E-state index contributed by atoms with van der Waals surface area (Å²) in [6, 6.07) is 3.41. The predicted molar refractivity (Wildman–Crippen MR) is 49.9 cm³/mol. The third kappa shape index (κ3) is 1.28. The number of carbonyl (C=O) groups excluding carboxylic acids is 1. The fraction of sp³-hybridized carbons (Fsp3) is 0.111. The van der Waals surface area contributed by atoms with E-state index in [2.05, 4.69) is 9.97 Å². The summed E-state index contributed by atoms with van der Waals surface area (Å²) in [5.41, 5.74) is 0.749. The van der Waals surface area contributed by atoms with Crippen LogP contribution in [0.15, 0.2) is 29.3 Å². The van der Waals surface area contributed by atoms with Crippen molar-refractivity contribution in [3.63, 3.8) is 0 Å². The van der Waals surface area contributed by atoms with Crippen molar-refractivity contribution in [1.29, 1.82) is 0 Å². The van der Waals surface area contributed by atoms with E-state index in [1.54, 1.807) is 18.3 Å². The Bertz CT molecular complexity index is 533. The summed E-state index contributed by atoms with van der Waals surface area (Å²) in [6.07, 6.45) is 3.43. The fourth-order valence-electron chi connectivity index (χ4n) is 1.27.